The molecule has 0 radical (unpaired) electrons. The fourth-order valence-electron chi connectivity index (χ4n) is 3.54. The van der Waals surface area contributed by atoms with Crippen LogP contribution in [0.1, 0.15) is 12.0 Å². The van der Waals surface area contributed by atoms with E-state index in [1.807, 2.05) is 0 Å². The van der Waals surface area contributed by atoms with Crippen molar-refractivity contribution in [2.24, 2.45) is 0 Å². The zero-order chi connectivity index (χ0) is 23.0. The fourth-order valence-corrected chi connectivity index (χ4v) is 5.49. The first-order valence-electron chi connectivity index (χ1n) is 9.49. The van der Waals surface area contributed by atoms with E-state index in [1.54, 1.807) is 30.3 Å². The number of nitrogens with zero attached hydrogens (tertiary/aromatic N) is 1. The highest BCUT2D eigenvalue weighted by Gasteiger charge is 2.22. The third-order valence-electron chi connectivity index (χ3n) is 5.06. The first-order chi connectivity index (χ1) is 15.2. The number of carboxylic acids is 1. The Bertz CT molecular complexity index is 1460. The maximum absolute atomic E-state index is 13.9. The number of hydrogen-bond donors (Lipinski definition) is 1. The van der Waals surface area contributed by atoms with Gasteiger partial charge in [-0.3, -0.25) is 4.79 Å². The molecular weight excluding hydrogens is 476 g/mol. The van der Waals surface area contributed by atoms with Crippen LogP contribution < -0.4 is 0 Å². The van der Waals surface area contributed by atoms with Gasteiger partial charge in [0.1, 0.15) is 5.82 Å². The number of halogens is 3. The third kappa shape index (κ3) is 4.24. The van der Waals surface area contributed by atoms with Crippen LogP contribution in [0.15, 0.2) is 71.8 Å². The minimum absolute atomic E-state index is 0.00651. The van der Waals surface area contributed by atoms with Crippen molar-refractivity contribution in [1.82, 2.24) is 3.97 Å². The Balaban J connectivity index is 1.84. The fraction of sp³-hybridized carbons (Fsp3) is 0.0870. The van der Waals surface area contributed by atoms with Crippen LogP contribution >= 0.6 is 23.2 Å². The summed E-state index contributed by atoms with van der Waals surface area (Å²) in [6.07, 6.45) is 1.21. The third-order valence-corrected chi connectivity index (χ3v) is 7.27. The molecule has 5 nitrogen and oxygen atoms in total. The summed E-state index contributed by atoms with van der Waals surface area (Å²) < 4.78 is 41.9. The molecule has 0 atom stereocenters. The number of carboxylic acid groups (broad SMARTS) is 1. The molecule has 0 bridgehead atoms. The summed E-state index contributed by atoms with van der Waals surface area (Å²) in [7, 11) is -4.07. The maximum atomic E-state index is 13.9. The Morgan fingerprint density at radius 2 is 1.81 bits per heavy atom. The lowest BCUT2D eigenvalue weighted by atomic mass is 10.1. The standard InChI is InChI=1S/C23H16Cl2FNO4S/c24-16-5-7-19(21(25)11-16)14-2-1-3-18(10-14)32(30,31)27-13-15(4-9-23(28)29)20-12-17(26)6-8-22(20)27/h1-3,5-8,10-13H,4,9H2,(H,28,29). The lowest BCUT2D eigenvalue weighted by Gasteiger charge is -2.10. The summed E-state index contributed by atoms with van der Waals surface area (Å²) in [5, 5.41) is 10.2. The Kier molecular flexibility index (Phi) is 5.99. The first kappa shape index (κ1) is 22.3. The first-order valence-corrected chi connectivity index (χ1v) is 11.7. The lowest BCUT2D eigenvalue weighted by molar-refractivity contribution is -0.136. The Hall–Kier alpha value is -2.87. The molecule has 4 rings (SSSR count). The van der Waals surface area contributed by atoms with Gasteiger partial charge in [-0.2, -0.15) is 0 Å². The van der Waals surface area contributed by atoms with E-state index in [-0.39, 0.29) is 23.3 Å². The van der Waals surface area contributed by atoms with Gasteiger partial charge >= 0.3 is 5.97 Å². The van der Waals surface area contributed by atoms with E-state index >= 15 is 0 Å². The number of aryl methyl sites for hydroxylation is 1. The van der Waals surface area contributed by atoms with Crippen LogP contribution in [0.5, 0.6) is 0 Å². The van der Waals surface area contributed by atoms with E-state index in [2.05, 4.69) is 0 Å². The average molecular weight is 492 g/mol. The van der Waals surface area contributed by atoms with Crippen molar-refractivity contribution in [3.05, 3.63) is 88.3 Å². The van der Waals surface area contributed by atoms with E-state index in [9.17, 15) is 17.6 Å². The number of benzene rings is 3. The smallest absolute Gasteiger partial charge is 0.303 e. The summed E-state index contributed by atoms with van der Waals surface area (Å²) in [5.41, 5.74) is 1.90. The molecule has 0 aliphatic rings. The van der Waals surface area contributed by atoms with Gasteiger partial charge in [0.2, 0.25) is 0 Å². The highest BCUT2D eigenvalue weighted by molar-refractivity contribution is 7.90. The molecule has 1 aromatic heterocycles. The Morgan fingerprint density at radius 1 is 1.03 bits per heavy atom. The molecule has 0 saturated carbocycles. The van der Waals surface area contributed by atoms with Crippen molar-refractivity contribution >= 4 is 50.1 Å². The normalized spacial score (nSPS) is 11.7. The minimum atomic E-state index is -4.07. The highest BCUT2D eigenvalue weighted by atomic mass is 35.5. The van der Waals surface area contributed by atoms with E-state index in [0.29, 0.717) is 32.1 Å². The average Bonchev–Trinajstić information content (AvgIpc) is 3.11. The largest absolute Gasteiger partial charge is 0.481 e. The van der Waals surface area contributed by atoms with Crippen molar-refractivity contribution in [2.45, 2.75) is 17.7 Å². The molecular formula is C23H16Cl2FNO4S. The van der Waals surface area contributed by atoms with Crippen LogP contribution in [0.2, 0.25) is 10.0 Å². The van der Waals surface area contributed by atoms with Crippen LogP contribution in [0.3, 0.4) is 0 Å². The zero-order valence-electron chi connectivity index (χ0n) is 16.4. The molecule has 164 valence electrons. The molecule has 0 saturated heterocycles. The second-order valence-electron chi connectivity index (χ2n) is 7.16. The number of hydrogen-bond acceptors (Lipinski definition) is 3. The summed E-state index contributed by atoms with van der Waals surface area (Å²) in [4.78, 5) is 11.0. The summed E-state index contributed by atoms with van der Waals surface area (Å²) in [6.45, 7) is 0. The van der Waals surface area contributed by atoms with Crippen LogP contribution in [0.25, 0.3) is 22.0 Å². The molecule has 0 spiro atoms. The summed E-state index contributed by atoms with van der Waals surface area (Å²) in [6, 6.07) is 15.0. The van der Waals surface area contributed by atoms with E-state index in [4.69, 9.17) is 28.3 Å². The van der Waals surface area contributed by atoms with Crippen LogP contribution in [0.4, 0.5) is 4.39 Å². The van der Waals surface area contributed by atoms with Gasteiger partial charge in [0.15, 0.2) is 0 Å². The Morgan fingerprint density at radius 3 is 2.53 bits per heavy atom. The van der Waals surface area contributed by atoms with Crippen LogP contribution in [-0.4, -0.2) is 23.5 Å². The second kappa shape index (κ2) is 8.58. The van der Waals surface area contributed by atoms with E-state index in [1.165, 1.54) is 36.5 Å². The van der Waals surface area contributed by atoms with Crippen LogP contribution in [-0.2, 0) is 21.2 Å². The zero-order valence-corrected chi connectivity index (χ0v) is 18.8. The molecule has 0 unspecified atom stereocenters. The van der Waals surface area contributed by atoms with Crippen molar-refractivity contribution < 1.29 is 22.7 Å². The molecule has 1 N–H and O–H groups in total. The summed E-state index contributed by atoms with van der Waals surface area (Å²) >= 11 is 12.2. The van der Waals surface area contributed by atoms with Crippen molar-refractivity contribution in [3.63, 3.8) is 0 Å². The molecule has 3 aromatic carbocycles. The molecule has 9 heteroatoms. The van der Waals surface area contributed by atoms with Gasteiger partial charge in [-0.15, -0.1) is 0 Å². The monoisotopic (exact) mass is 491 g/mol. The topological polar surface area (TPSA) is 76.4 Å². The summed E-state index contributed by atoms with van der Waals surface area (Å²) in [5.74, 6) is -1.57. The lowest BCUT2D eigenvalue weighted by Crippen LogP contribution is -2.12. The molecule has 0 amide bonds. The Labute approximate surface area is 193 Å². The van der Waals surface area contributed by atoms with Gasteiger partial charge in [-0.1, -0.05) is 41.4 Å². The molecule has 32 heavy (non-hydrogen) atoms. The number of aromatic nitrogens is 1. The van der Waals surface area contributed by atoms with Gasteiger partial charge in [-0.25, -0.2) is 16.8 Å². The molecule has 4 aromatic rings. The SMILES string of the molecule is O=C(O)CCc1cn(S(=O)(=O)c2cccc(-c3ccc(Cl)cc3Cl)c2)c2ccc(F)cc12. The quantitative estimate of drug-likeness (QED) is 0.358. The molecule has 0 aliphatic heterocycles. The maximum Gasteiger partial charge on any atom is 0.303 e. The predicted octanol–water partition coefficient (Wildman–Crippen LogP) is 6.01. The number of carbonyl (C=O) groups is 1. The predicted molar refractivity (Wildman–Crippen MR) is 122 cm³/mol. The van der Waals surface area contributed by atoms with Gasteiger partial charge in [0, 0.05) is 33.6 Å². The number of rotatable bonds is 6. The minimum Gasteiger partial charge on any atom is -0.481 e. The van der Waals surface area contributed by atoms with Crippen molar-refractivity contribution in [2.75, 3.05) is 0 Å². The molecule has 0 fully saturated rings. The number of fused-ring (bicyclic) bond motifs is 1. The highest BCUT2D eigenvalue weighted by Crippen LogP contribution is 2.33. The van der Waals surface area contributed by atoms with E-state index in [0.717, 1.165) is 3.97 Å². The van der Waals surface area contributed by atoms with Gasteiger partial charge < -0.3 is 5.11 Å². The van der Waals surface area contributed by atoms with Gasteiger partial charge in [0.05, 0.1) is 10.4 Å². The molecule has 0 aliphatic carbocycles. The van der Waals surface area contributed by atoms with Gasteiger partial charge in [0.25, 0.3) is 10.0 Å². The van der Waals surface area contributed by atoms with Gasteiger partial charge in [-0.05, 0) is 60.0 Å². The number of aliphatic carboxylic acids is 1. The van der Waals surface area contributed by atoms with Crippen LogP contribution in [0, 0.1) is 5.82 Å². The second-order valence-corrected chi connectivity index (χ2v) is 9.82. The molecule has 1 heterocycles. The van der Waals surface area contributed by atoms with Crippen molar-refractivity contribution in [1.29, 1.82) is 0 Å². The van der Waals surface area contributed by atoms with E-state index < -0.39 is 21.8 Å². The van der Waals surface area contributed by atoms with Crippen molar-refractivity contribution in [3.8, 4) is 11.1 Å².